The van der Waals surface area contributed by atoms with Crippen molar-refractivity contribution >= 4 is 32.8 Å². The number of aromatic amines is 1. The third-order valence-corrected chi connectivity index (χ3v) is 5.87. The lowest BCUT2D eigenvalue weighted by atomic mass is 10.0. The molecule has 5 aromatic heterocycles. The van der Waals surface area contributed by atoms with Gasteiger partial charge in [-0.25, -0.2) is 14.3 Å². The Kier molecular flexibility index (Phi) is 3.76. The molecule has 1 aromatic carbocycles. The summed E-state index contributed by atoms with van der Waals surface area (Å²) in [6, 6.07) is 7.72. The van der Waals surface area contributed by atoms with E-state index in [1.807, 2.05) is 43.7 Å². The number of aryl methyl sites for hydroxylation is 2. The molecular formula is C23H19N7O2. The van der Waals surface area contributed by atoms with Gasteiger partial charge in [-0.3, -0.25) is 14.2 Å². The van der Waals surface area contributed by atoms with Gasteiger partial charge in [-0.15, -0.1) is 0 Å². The van der Waals surface area contributed by atoms with Gasteiger partial charge in [-0.2, -0.15) is 5.10 Å². The molecule has 0 aliphatic carbocycles. The largest absolute Gasteiger partial charge is 0.496 e. The van der Waals surface area contributed by atoms with E-state index < -0.39 is 0 Å². The second-order valence-corrected chi connectivity index (χ2v) is 7.75. The van der Waals surface area contributed by atoms with Gasteiger partial charge < -0.3 is 9.72 Å². The van der Waals surface area contributed by atoms with Crippen LogP contribution in [0.4, 0.5) is 0 Å². The van der Waals surface area contributed by atoms with Crippen LogP contribution in [0.15, 0.2) is 60.0 Å². The average Bonchev–Trinajstić information content (AvgIpc) is 3.51. The van der Waals surface area contributed by atoms with Crippen molar-refractivity contribution in [3.8, 4) is 22.7 Å². The minimum Gasteiger partial charge on any atom is -0.496 e. The highest BCUT2D eigenvalue weighted by atomic mass is 16.5. The first-order valence-corrected chi connectivity index (χ1v) is 10.1. The van der Waals surface area contributed by atoms with E-state index in [0.717, 1.165) is 44.0 Å². The number of nitrogens with one attached hydrogen (secondary N) is 1. The number of hydrogen-bond donors (Lipinski definition) is 1. The Hall–Kier alpha value is -4.40. The Morgan fingerprint density at radius 2 is 1.94 bits per heavy atom. The van der Waals surface area contributed by atoms with Crippen LogP contribution in [0.1, 0.15) is 0 Å². The highest BCUT2D eigenvalue weighted by Crippen LogP contribution is 2.36. The highest BCUT2D eigenvalue weighted by molar-refractivity contribution is 6.05. The quantitative estimate of drug-likeness (QED) is 0.470. The normalized spacial score (nSPS) is 11.7. The highest BCUT2D eigenvalue weighted by Gasteiger charge is 2.19. The number of hydrogen-bond acceptors (Lipinski definition) is 5. The molecule has 0 spiro atoms. The van der Waals surface area contributed by atoms with Crippen molar-refractivity contribution in [3.63, 3.8) is 0 Å². The van der Waals surface area contributed by atoms with Crippen LogP contribution in [0.2, 0.25) is 0 Å². The topological polar surface area (TPSA) is 95.6 Å². The van der Waals surface area contributed by atoms with Gasteiger partial charge in [0, 0.05) is 66.7 Å². The second-order valence-electron chi connectivity index (χ2n) is 7.75. The van der Waals surface area contributed by atoms with Gasteiger partial charge in [0.15, 0.2) is 0 Å². The van der Waals surface area contributed by atoms with Crippen molar-refractivity contribution in [1.82, 2.24) is 33.9 Å². The van der Waals surface area contributed by atoms with E-state index in [4.69, 9.17) is 4.74 Å². The maximum atomic E-state index is 13.3. The zero-order chi connectivity index (χ0) is 22.0. The van der Waals surface area contributed by atoms with Crippen molar-refractivity contribution in [1.29, 1.82) is 0 Å². The SMILES string of the molecule is COc1cc2ncc3c(c2cc1-c1cnn(C)c1)n(-c1cc2[nH]ccc2cn1)c(=O)n3C. The number of benzene rings is 1. The number of pyridine rings is 2. The molecule has 1 N–H and O–H groups in total. The molecule has 0 bridgehead atoms. The Labute approximate surface area is 181 Å². The summed E-state index contributed by atoms with van der Waals surface area (Å²) in [7, 11) is 5.25. The molecule has 0 amide bonds. The van der Waals surface area contributed by atoms with Gasteiger partial charge in [0.05, 0.1) is 41.6 Å². The van der Waals surface area contributed by atoms with Crippen molar-refractivity contribution in [2.45, 2.75) is 0 Å². The molecule has 6 aromatic rings. The molecular weight excluding hydrogens is 406 g/mol. The van der Waals surface area contributed by atoms with Crippen molar-refractivity contribution in [3.05, 3.63) is 65.7 Å². The summed E-state index contributed by atoms with van der Waals surface area (Å²) in [4.78, 5) is 25.7. The Morgan fingerprint density at radius 1 is 1.06 bits per heavy atom. The van der Waals surface area contributed by atoms with Crippen LogP contribution in [0, 0.1) is 0 Å². The van der Waals surface area contributed by atoms with Gasteiger partial charge >= 0.3 is 5.69 Å². The molecule has 32 heavy (non-hydrogen) atoms. The average molecular weight is 425 g/mol. The molecule has 9 heteroatoms. The molecule has 0 unspecified atom stereocenters. The fourth-order valence-electron chi connectivity index (χ4n) is 4.25. The first-order chi connectivity index (χ1) is 15.5. The number of aromatic nitrogens is 7. The molecule has 0 saturated heterocycles. The molecule has 0 aliphatic heterocycles. The molecule has 9 nitrogen and oxygen atoms in total. The zero-order valence-electron chi connectivity index (χ0n) is 17.7. The summed E-state index contributed by atoms with van der Waals surface area (Å²) in [6.45, 7) is 0. The lowest BCUT2D eigenvalue weighted by Gasteiger charge is -2.11. The second kappa shape index (κ2) is 6.55. The minimum atomic E-state index is -0.188. The van der Waals surface area contributed by atoms with Crippen LogP contribution in [0.3, 0.4) is 0 Å². The van der Waals surface area contributed by atoms with Gasteiger partial charge in [0.2, 0.25) is 0 Å². The summed E-state index contributed by atoms with van der Waals surface area (Å²) in [5.41, 5.74) is 4.70. The first kappa shape index (κ1) is 18.4. The van der Waals surface area contributed by atoms with Crippen molar-refractivity contribution in [2.75, 3.05) is 7.11 Å². The Balaban J connectivity index is 1.74. The minimum absolute atomic E-state index is 0.188. The lowest BCUT2D eigenvalue weighted by Crippen LogP contribution is -2.21. The maximum Gasteiger partial charge on any atom is 0.334 e. The fourth-order valence-corrected chi connectivity index (χ4v) is 4.25. The van der Waals surface area contributed by atoms with E-state index in [-0.39, 0.29) is 5.69 Å². The molecule has 0 aliphatic rings. The van der Waals surface area contributed by atoms with Gasteiger partial charge in [-0.05, 0) is 12.1 Å². The van der Waals surface area contributed by atoms with E-state index in [2.05, 4.69) is 20.1 Å². The molecule has 6 rings (SSSR count). The molecule has 5 heterocycles. The zero-order valence-corrected chi connectivity index (χ0v) is 17.7. The van der Waals surface area contributed by atoms with Crippen molar-refractivity contribution in [2.24, 2.45) is 14.1 Å². The number of imidazole rings is 1. The van der Waals surface area contributed by atoms with E-state index in [1.54, 1.807) is 46.6 Å². The number of rotatable bonds is 3. The first-order valence-electron chi connectivity index (χ1n) is 10.1. The molecule has 158 valence electrons. The maximum absolute atomic E-state index is 13.3. The predicted molar refractivity (Wildman–Crippen MR) is 122 cm³/mol. The summed E-state index contributed by atoms with van der Waals surface area (Å²) in [5.74, 6) is 1.23. The van der Waals surface area contributed by atoms with Crippen LogP contribution in [-0.4, -0.2) is 41.0 Å². The molecule has 0 radical (unpaired) electrons. The number of fused-ring (bicyclic) bond motifs is 4. The van der Waals surface area contributed by atoms with Gasteiger partial charge in [0.25, 0.3) is 0 Å². The number of nitrogens with zero attached hydrogens (tertiary/aromatic N) is 6. The van der Waals surface area contributed by atoms with Gasteiger partial charge in [0.1, 0.15) is 11.6 Å². The number of H-pyrrole nitrogens is 1. The predicted octanol–water partition coefficient (Wildman–Crippen LogP) is 3.16. The van der Waals surface area contributed by atoms with E-state index in [9.17, 15) is 4.79 Å². The van der Waals surface area contributed by atoms with E-state index >= 15 is 0 Å². The molecule has 0 saturated carbocycles. The standard InChI is InChI=1S/C23H19N7O2/c1-28-12-14(10-27-28)15-6-16-18(7-20(15)32-3)25-11-19-22(16)30(23(31)29(19)2)21-8-17-13(9-26-21)4-5-24-17/h4-12,24H,1-3H3. The van der Waals surface area contributed by atoms with Crippen LogP contribution < -0.4 is 10.4 Å². The monoisotopic (exact) mass is 425 g/mol. The summed E-state index contributed by atoms with van der Waals surface area (Å²) in [5, 5.41) is 6.10. The van der Waals surface area contributed by atoms with Crippen LogP contribution >= 0.6 is 0 Å². The van der Waals surface area contributed by atoms with E-state index in [0.29, 0.717) is 11.6 Å². The summed E-state index contributed by atoms with van der Waals surface area (Å²) < 4.78 is 10.6. The summed E-state index contributed by atoms with van der Waals surface area (Å²) in [6.07, 6.45) is 9.05. The Morgan fingerprint density at radius 3 is 2.72 bits per heavy atom. The van der Waals surface area contributed by atoms with Crippen LogP contribution in [-0.2, 0) is 14.1 Å². The Bertz CT molecular complexity index is 1720. The number of methoxy groups -OCH3 is 1. The van der Waals surface area contributed by atoms with Crippen molar-refractivity contribution < 1.29 is 4.74 Å². The summed E-state index contributed by atoms with van der Waals surface area (Å²) >= 11 is 0. The lowest BCUT2D eigenvalue weighted by molar-refractivity contribution is 0.417. The smallest absolute Gasteiger partial charge is 0.334 e. The molecule has 0 fully saturated rings. The van der Waals surface area contributed by atoms with Gasteiger partial charge in [-0.1, -0.05) is 0 Å². The third kappa shape index (κ3) is 2.51. The molecule has 0 atom stereocenters. The number of ether oxygens (including phenoxy) is 1. The third-order valence-electron chi connectivity index (χ3n) is 5.87. The van der Waals surface area contributed by atoms with Crippen LogP contribution in [0.5, 0.6) is 5.75 Å². The van der Waals surface area contributed by atoms with E-state index in [1.165, 1.54) is 0 Å². The van der Waals surface area contributed by atoms with Crippen LogP contribution in [0.25, 0.3) is 49.8 Å². The fraction of sp³-hybridized carbons (Fsp3) is 0.130.